The number of amides is 3. The summed E-state index contributed by atoms with van der Waals surface area (Å²) in [5.41, 5.74) is 2.95. The summed E-state index contributed by atoms with van der Waals surface area (Å²) in [5, 5.41) is 2.71. The van der Waals surface area contributed by atoms with Gasteiger partial charge in [-0.15, -0.1) is 0 Å². The lowest BCUT2D eigenvalue weighted by Crippen LogP contribution is -2.56. The lowest BCUT2D eigenvalue weighted by atomic mass is 10.0. The van der Waals surface area contributed by atoms with Gasteiger partial charge in [-0.25, -0.2) is 4.79 Å². The summed E-state index contributed by atoms with van der Waals surface area (Å²) < 4.78 is 37.0. The lowest BCUT2D eigenvalue weighted by molar-refractivity contribution is -0.134. The van der Waals surface area contributed by atoms with Gasteiger partial charge in [0.2, 0.25) is 5.91 Å². The van der Waals surface area contributed by atoms with Crippen LogP contribution in [-0.4, -0.2) is 68.3 Å². The Balaban J connectivity index is 1.25. The van der Waals surface area contributed by atoms with Crippen molar-refractivity contribution in [3.05, 3.63) is 130 Å². The van der Waals surface area contributed by atoms with Crippen molar-refractivity contribution < 1.29 is 31.7 Å². The summed E-state index contributed by atoms with van der Waals surface area (Å²) in [6, 6.07) is 28.0. The number of halogens is 1. The standard InChI is InChI=1S/C35H34BrN3O7S/c1-25-7-17-31(18-8-25)47(43,44)46-30-15-9-26(10-16-30)23-32(37-35(42)45-24-27-5-3-2-4-6-27)34(41)39-21-19-38(20-22-39)33(40)28-11-13-29(36)14-12-28/h2-18,32H,19-24H2,1H3,(H,37,42)/t32-/m0/s1. The second-order valence-corrected chi connectivity index (χ2v) is 13.5. The molecule has 0 aliphatic carbocycles. The molecule has 1 aliphatic rings. The zero-order valence-corrected chi connectivity index (χ0v) is 28.1. The van der Waals surface area contributed by atoms with Gasteiger partial charge in [-0.2, -0.15) is 8.42 Å². The van der Waals surface area contributed by atoms with E-state index in [1.54, 1.807) is 46.2 Å². The molecule has 0 radical (unpaired) electrons. The molecule has 1 N–H and O–H groups in total. The Morgan fingerprint density at radius 2 is 1.40 bits per heavy atom. The highest BCUT2D eigenvalue weighted by Gasteiger charge is 2.31. The Labute approximate surface area is 282 Å². The van der Waals surface area contributed by atoms with E-state index in [1.165, 1.54) is 24.3 Å². The minimum atomic E-state index is -4.03. The Hall–Kier alpha value is -4.68. The van der Waals surface area contributed by atoms with Gasteiger partial charge in [0.25, 0.3) is 5.91 Å². The number of alkyl carbamates (subject to hydrolysis) is 1. The highest BCUT2D eigenvalue weighted by Crippen LogP contribution is 2.21. The largest absolute Gasteiger partial charge is 0.445 e. The highest BCUT2D eigenvalue weighted by atomic mass is 79.9. The van der Waals surface area contributed by atoms with Crippen molar-refractivity contribution in [3.63, 3.8) is 0 Å². The first-order valence-electron chi connectivity index (χ1n) is 15.0. The molecule has 4 aromatic carbocycles. The average Bonchev–Trinajstić information content (AvgIpc) is 3.08. The van der Waals surface area contributed by atoms with Gasteiger partial charge in [0.05, 0.1) is 0 Å². The van der Waals surface area contributed by atoms with Crippen LogP contribution in [0, 0.1) is 6.92 Å². The fourth-order valence-corrected chi connectivity index (χ4v) is 6.22. The molecule has 244 valence electrons. The van der Waals surface area contributed by atoms with E-state index >= 15 is 0 Å². The molecule has 47 heavy (non-hydrogen) atoms. The zero-order chi connectivity index (χ0) is 33.4. The monoisotopic (exact) mass is 719 g/mol. The fraction of sp³-hybridized carbons (Fsp3) is 0.229. The molecule has 1 aliphatic heterocycles. The van der Waals surface area contributed by atoms with E-state index in [-0.39, 0.29) is 35.5 Å². The maximum absolute atomic E-state index is 13.8. The third kappa shape index (κ3) is 9.20. The molecule has 12 heteroatoms. The number of nitrogens with one attached hydrogen (secondary N) is 1. The number of hydrogen-bond acceptors (Lipinski definition) is 7. The van der Waals surface area contributed by atoms with Crippen molar-refractivity contribution in [2.75, 3.05) is 26.2 Å². The number of ether oxygens (including phenoxy) is 1. The Kier molecular flexibility index (Phi) is 10.9. The Morgan fingerprint density at radius 1 is 0.787 bits per heavy atom. The van der Waals surface area contributed by atoms with E-state index in [1.807, 2.05) is 49.4 Å². The number of hydrogen-bond donors (Lipinski definition) is 1. The van der Waals surface area contributed by atoms with Crippen LogP contribution in [0.25, 0.3) is 0 Å². The Morgan fingerprint density at radius 3 is 2.04 bits per heavy atom. The molecular weight excluding hydrogens is 686 g/mol. The molecule has 0 unspecified atom stereocenters. The van der Waals surface area contributed by atoms with E-state index < -0.39 is 22.3 Å². The van der Waals surface area contributed by atoms with Gasteiger partial charge in [0.1, 0.15) is 23.3 Å². The number of nitrogens with zero attached hydrogens (tertiary/aromatic N) is 2. The van der Waals surface area contributed by atoms with Crippen molar-refractivity contribution in [3.8, 4) is 5.75 Å². The van der Waals surface area contributed by atoms with Crippen LogP contribution < -0.4 is 9.50 Å². The number of piperazine rings is 1. The molecule has 0 saturated carbocycles. The van der Waals surface area contributed by atoms with Gasteiger partial charge < -0.3 is 24.0 Å². The van der Waals surface area contributed by atoms with Crippen LogP contribution in [0.3, 0.4) is 0 Å². The fourth-order valence-electron chi connectivity index (χ4n) is 5.03. The Bertz CT molecular complexity index is 1790. The molecule has 5 rings (SSSR count). The third-order valence-corrected chi connectivity index (χ3v) is 9.44. The second kappa shape index (κ2) is 15.3. The first-order chi connectivity index (χ1) is 22.6. The van der Waals surface area contributed by atoms with Gasteiger partial charge in [-0.05, 0) is 66.6 Å². The van der Waals surface area contributed by atoms with Crippen LogP contribution >= 0.6 is 15.9 Å². The number of benzene rings is 4. The third-order valence-electron chi connectivity index (χ3n) is 7.65. The molecule has 4 aromatic rings. The first kappa shape index (κ1) is 33.7. The molecule has 0 aromatic heterocycles. The molecule has 1 atom stereocenters. The minimum absolute atomic E-state index is 0.0337. The number of aryl methyl sites for hydroxylation is 1. The maximum atomic E-state index is 13.8. The van der Waals surface area contributed by atoms with Gasteiger partial charge in [-0.3, -0.25) is 9.59 Å². The van der Waals surface area contributed by atoms with Crippen molar-refractivity contribution in [2.45, 2.75) is 30.9 Å². The van der Waals surface area contributed by atoms with Gasteiger partial charge >= 0.3 is 16.2 Å². The SMILES string of the molecule is Cc1ccc(S(=O)(=O)Oc2ccc(C[C@H](NC(=O)OCc3ccccc3)C(=O)N3CCN(C(=O)c4ccc(Br)cc4)CC3)cc2)cc1. The van der Waals surface area contributed by atoms with E-state index in [9.17, 15) is 22.8 Å². The van der Waals surface area contributed by atoms with Crippen LogP contribution in [0.1, 0.15) is 27.0 Å². The van der Waals surface area contributed by atoms with Crippen LogP contribution in [0.15, 0.2) is 112 Å². The van der Waals surface area contributed by atoms with E-state index in [4.69, 9.17) is 8.92 Å². The zero-order valence-electron chi connectivity index (χ0n) is 25.7. The van der Waals surface area contributed by atoms with Crippen LogP contribution in [0.2, 0.25) is 0 Å². The van der Waals surface area contributed by atoms with Crippen LogP contribution in [-0.2, 0) is 32.7 Å². The van der Waals surface area contributed by atoms with Crippen molar-refractivity contribution in [1.82, 2.24) is 15.1 Å². The summed E-state index contributed by atoms with van der Waals surface area (Å²) in [6.45, 7) is 3.16. The van der Waals surface area contributed by atoms with Crippen molar-refractivity contribution >= 4 is 44.0 Å². The maximum Gasteiger partial charge on any atom is 0.408 e. The van der Waals surface area contributed by atoms with Crippen molar-refractivity contribution in [1.29, 1.82) is 0 Å². The summed E-state index contributed by atoms with van der Waals surface area (Å²) in [6.07, 6.45) is -0.636. The average molecular weight is 721 g/mol. The smallest absolute Gasteiger partial charge is 0.408 e. The van der Waals surface area contributed by atoms with E-state index in [0.29, 0.717) is 37.3 Å². The van der Waals surface area contributed by atoms with Crippen molar-refractivity contribution in [2.24, 2.45) is 0 Å². The van der Waals surface area contributed by atoms with Gasteiger partial charge in [-0.1, -0.05) is 76.1 Å². The molecule has 0 spiro atoms. The molecular formula is C35H34BrN3O7S. The molecule has 3 amide bonds. The topological polar surface area (TPSA) is 122 Å². The molecule has 10 nitrogen and oxygen atoms in total. The molecule has 1 fully saturated rings. The van der Waals surface area contributed by atoms with E-state index in [0.717, 1.165) is 15.6 Å². The lowest BCUT2D eigenvalue weighted by Gasteiger charge is -2.36. The summed E-state index contributed by atoms with van der Waals surface area (Å²) >= 11 is 3.38. The number of carbonyl (C=O) groups excluding carboxylic acids is 3. The van der Waals surface area contributed by atoms with E-state index in [2.05, 4.69) is 21.2 Å². The van der Waals surface area contributed by atoms with Crippen LogP contribution in [0.4, 0.5) is 4.79 Å². The number of rotatable bonds is 10. The molecule has 0 bridgehead atoms. The normalized spacial score (nSPS) is 13.8. The predicted molar refractivity (Wildman–Crippen MR) is 179 cm³/mol. The second-order valence-electron chi connectivity index (χ2n) is 11.1. The van der Waals surface area contributed by atoms with Gasteiger partial charge in [0.15, 0.2) is 0 Å². The van der Waals surface area contributed by atoms with Gasteiger partial charge in [0, 0.05) is 42.6 Å². The summed E-state index contributed by atoms with van der Waals surface area (Å²) in [5.74, 6) is -0.325. The summed E-state index contributed by atoms with van der Waals surface area (Å²) in [4.78, 5) is 43.0. The molecule has 1 saturated heterocycles. The summed E-state index contributed by atoms with van der Waals surface area (Å²) in [7, 11) is -4.03. The minimum Gasteiger partial charge on any atom is -0.445 e. The first-order valence-corrected chi connectivity index (χ1v) is 17.2. The predicted octanol–water partition coefficient (Wildman–Crippen LogP) is 5.35. The van der Waals surface area contributed by atoms with Crippen LogP contribution in [0.5, 0.6) is 5.75 Å². The quantitative estimate of drug-likeness (QED) is 0.220. The number of carbonyl (C=O) groups is 3. The molecule has 1 heterocycles. The highest BCUT2D eigenvalue weighted by molar-refractivity contribution is 9.10.